The van der Waals surface area contributed by atoms with Crippen LogP contribution in [0.4, 0.5) is 0 Å². The number of nitrogens with one attached hydrogen (secondary N) is 1. The summed E-state index contributed by atoms with van der Waals surface area (Å²) in [6, 6.07) is 10.5. The largest absolute Gasteiger partial charge is 0.375 e. The third kappa shape index (κ3) is 5.40. The van der Waals surface area contributed by atoms with Gasteiger partial charge in [-0.25, -0.2) is 4.98 Å². The summed E-state index contributed by atoms with van der Waals surface area (Å²) in [7, 11) is 0. The van der Waals surface area contributed by atoms with Gasteiger partial charge in [0, 0.05) is 58.1 Å². The number of hydrogen-bond donors (Lipinski definition) is 1. The summed E-state index contributed by atoms with van der Waals surface area (Å²) in [5.41, 5.74) is 1.28. The zero-order chi connectivity index (χ0) is 20.6. The van der Waals surface area contributed by atoms with Crippen LogP contribution in [0.2, 0.25) is 0 Å². The van der Waals surface area contributed by atoms with Gasteiger partial charge in [0.15, 0.2) is 5.96 Å². The first-order chi connectivity index (χ1) is 14.8. The summed E-state index contributed by atoms with van der Waals surface area (Å²) in [6.45, 7) is 7.77. The van der Waals surface area contributed by atoms with Gasteiger partial charge in [0.05, 0.1) is 12.7 Å². The number of imidazole rings is 1. The Morgan fingerprint density at radius 3 is 2.87 bits per heavy atom. The molecule has 30 heavy (non-hydrogen) atoms. The third-order valence-electron chi connectivity index (χ3n) is 5.70. The number of ether oxygens (including phenoxy) is 2. The van der Waals surface area contributed by atoms with Crippen molar-refractivity contribution in [2.24, 2.45) is 4.99 Å². The minimum atomic E-state index is 0.134. The van der Waals surface area contributed by atoms with Gasteiger partial charge in [-0.3, -0.25) is 4.99 Å². The van der Waals surface area contributed by atoms with Crippen LogP contribution in [0.5, 0.6) is 0 Å². The normalized spacial score (nSPS) is 22.4. The summed E-state index contributed by atoms with van der Waals surface area (Å²) < 4.78 is 14.1. The van der Waals surface area contributed by atoms with Crippen LogP contribution < -0.4 is 5.32 Å². The number of rotatable bonds is 7. The molecule has 0 spiro atoms. The molecule has 1 aromatic heterocycles. The fraction of sp³-hybridized carbons (Fsp3) is 0.565. The Hall–Kier alpha value is -2.38. The van der Waals surface area contributed by atoms with Crippen molar-refractivity contribution in [3.63, 3.8) is 0 Å². The monoisotopic (exact) mass is 411 g/mol. The average Bonchev–Trinajstić information content (AvgIpc) is 3.47. The molecule has 2 atom stereocenters. The standard InChI is InChI=1S/C23H33N5O2/c1-2-24-23(28-14-16-30-21(18-28)20-9-6-15-29-20)26-11-10-22-25-12-13-27(22)17-19-7-4-3-5-8-19/h3-5,7-8,12-13,20-21H,2,6,9-11,14-18H2,1H3,(H,24,26). The highest BCUT2D eigenvalue weighted by Crippen LogP contribution is 2.21. The second-order valence-corrected chi connectivity index (χ2v) is 7.85. The second-order valence-electron chi connectivity index (χ2n) is 7.85. The van der Waals surface area contributed by atoms with Crippen molar-refractivity contribution in [3.8, 4) is 0 Å². The van der Waals surface area contributed by atoms with E-state index in [2.05, 4.69) is 51.0 Å². The molecule has 0 aliphatic carbocycles. The second kappa shape index (κ2) is 10.6. The molecule has 7 heteroatoms. The van der Waals surface area contributed by atoms with Crippen molar-refractivity contribution in [2.75, 3.05) is 39.4 Å². The molecule has 4 rings (SSSR count). The molecular formula is C23H33N5O2. The average molecular weight is 412 g/mol. The number of hydrogen-bond acceptors (Lipinski definition) is 4. The van der Waals surface area contributed by atoms with E-state index in [0.29, 0.717) is 6.54 Å². The van der Waals surface area contributed by atoms with Crippen LogP contribution in [0.1, 0.15) is 31.2 Å². The van der Waals surface area contributed by atoms with Gasteiger partial charge < -0.3 is 24.3 Å². The van der Waals surface area contributed by atoms with Gasteiger partial charge in [0.1, 0.15) is 11.9 Å². The highest BCUT2D eigenvalue weighted by atomic mass is 16.5. The summed E-state index contributed by atoms with van der Waals surface area (Å²) in [5.74, 6) is 2.03. The van der Waals surface area contributed by atoms with Crippen molar-refractivity contribution in [1.29, 1.82) is 0 Å². The van der Waals surface area contributed by atoms with Crippen LogP contribution >= 0.6 is 0 Å². The zero-order valence-electron chi connectivity index (χ0n) is 17.9. The molecule has 2 aromatic rings. The SMILES string of the molecule is CCNC(=NCCc1nccn1Cc1ccccc1)N1CCOC(C2CCCO2)C1. The molecule has 2 aliphatic rings. The molecule has 1 aromatic carbocycles. The van der Waals surface area contributed by atoms with Crippen molar-refractivity contribution < 1.29 is 9.47 Å². The van der Waals surface area contributed by atoms with Crippen LogP contribution in [-0.2, 0) is 22.4 Å². The molecule has 1 N–H and O–H groups in total. The van der Waals surface area contributed by atoms with Crippen molar-refractivity contribution in [2.45, 2.75) is 44.9 Å². The maximum Gasteiger partial charge on any atom is 0.194 e. The van der Waals surface area contributed by atoms with Crippen molar-refractivity contribution in [1.82, 2.24) is 19.8 Å². The van der Waals surface area contributed by atoms with Crippen LogP contribution in [-0.4, -0.2) is 72.0 Å². The fourth-order valence-corrected chi connectivity index (χ4v) is 4.17. The fourth-order valence-electron chi connectivity index (χ4n) is 4.17. The van der Waals surface area contributed by atoms with Crippen LogP contribution in [0.25, 0.3) is 0 Å². The van der Waals surface area contributed by atoms with Gasteiger partial charge in [-0.1, -0.05) is 30.3 Å². The Morgan fingerprint density at radius 1 is 1.20 bits per heavy atom. The summed E-state index contributed by atoms with van der Waals surface area (Å²) in [4.78, 5) is 11.8. The van der Waals surface area contributed by atoms with E-state index in [1.165, 1.54) is 5.56 Å². The number of benzene rings is 1. The van der Waals surface area contributed by atoms with E-state index < -0.39 is 0 Å². The predicted octanol–water partition coefficient (Wildman–Crippen LogP) is 2.32. The van der Waals surface area contributed by atoms with Gasteiger partial charge in [-0.2, -0.15) is 0 Å². The van der Waals surface area contributed by atoms with Crippen LogP contribution in [0.15, 0.2) is 47.7 Å². The minimum absolute atomic E-state index is 0.134. The summed E-state index contributed by atoms with van der Waals surface area (Å²) >= 11 is 0. The third-order valence-corrected chi connectivity index (χ3v) is 5.70. The molecule has 162 valence electrons. The van der Waals surface area contributed by atoms with E-state index in [1.807, 2.05) is 18.5 Å². The molecule has 2 fully saturated rings. The Balaban J connectivity index is 1.36. The molecule has 2 unspecified atom stereocenters. The number of aromatic nitrogens is 2. The molecule has 0 bridgehead atoms. The maximum absolute atomic E-state index is 5.99. The lowest BCUT2D eigenvalue weighted by Crippen LogP contribution is -2.53. The lowest BCUT2D eigenvalue weighted by Gasteiger charge is -2.37. The molecule has 7 nitrogen and oxygen atoms in total. The van der Waals surface area contributed by atoms with Crippen LogP contribution in [0.3, 0.4) is 0 Å². The zero-order valence-corrected chi connectivity index (χ0v) is 17.9. The Bertz CT molecular complexity index is 801. The Kier molecular flexibility index (Phi) is 7.37. The van der Waals surface area contributed by atoms with Gasteiger partial charge >= 0.3 is 0 Å². The first kappa shape index (κ1) is 20.9. The Labute approximate surface area is 179 Å². The lowest BCUT2D eigenvalue weighted by molar-refractivity contribution is -0.0817. The van der Waals surface area contributed by atoms with E-state index in [9.17, 15) is 0 Å². The molecule has 2 aliphatic heterocycles. The quantitative estimate of drug-likeness (QED) is 0.560. The number of nitrogens with zero attached hydrogens (tertiary/aromatic N) is 4. The molecular weight excluding hydrogens is 378 g/mol. The molecule has 3 heterocycles. The molecule has 0 radical (unpaired) electrons. The number of aliphatic imine (C=N–C) groups is 1. The lowest BCUT2D eigenvalue weighted by atomic mass is 10.1. The molecule has 0 saturated carbocycles. The highest BCUT2D eigenvalue weighted by Gasteiger charge is 2.32. The summed E-state index contributed by atoms with van der Waals surface area (Å²) in [6.07, 6.45) is 7.32. The van der Waals surface area contributed by atoms with Gasteiger partial charge in [-0.05, 0) is 25.3 Å². The van der Waals surface area contributed by atoms with E-state index in [4.69, 9.17) is 14.5 Å². The maximum atomic E-state index is 5.99. The smallest absolute Gasteiger partial charge is 0.194 e. The van der Waals surface area contributed by atoms with Gasteiger partial charge in [-0.15, -0.1) is 0 Å². The first-order valence-corrected chi connectivity index (χ1v) is 11.1. The minimum Gasteiger partial charge on any atom is -0.375 e. The van der Waals surface area contributed by atoms with E-state index in [1.54, 1.807) is 0 Å². The van der Waals surface area contributed by atoms with Crippen molar-refractivity contribution in [3.05, 3.63) is 54.1 Å². The predicted molar refractivity (Wildman–Crippen MR) is 118 cm³/mol. The number of morpholine rings is 1. The molecule has 0 amide bonds. The molecule has 2 saturated heterocycles. The summed E-state index contributed by atoms with van der Waals surface area (Å²) in [5, 5.41) is 3.45. The van der Waals surface area contributed by atoms with E-state index >= 15 is 0 Å². The van der Waals surface area contributed by atoms with Gasteiger partial charge in [0.2, 0.25) is 0 Å². The Morgan fingerprint density at radius 2 is 2.07 bits per heavy atom. The number of guanidine groups is 1. The topological polar surface area (TPSA) is 63.9 Å². The van der Waals surface area contributed by atoms with E-state index in [0.717, 1.165) is 70.4 Å². The van der Waals surface area contributed by atoms with Gasteiger partial charge in [0.25, 0.3) is 0 Å². The van der Waals surface area contributed by atoms with Crippen LogP contribution in [0, 0.1) is 0 Å². The van der Waals surface area contributed by atoms with Crippen molar-refractivity contribution >= 4 is 5.96 Å². The first-order valence-electron chi connectivity index (χ1n) is 11.1. The van der Waals surface area contributed by atoms with E-state index in [-0.39, 0.29) is 12.2 Å². The highest BCUT2D eigenvalue weighted by molar-refractivity contribution is 5.80.